The maximum atomic E-state index is 10.8. The van der Waals surface area contributed by atoms with Crippen LogP contribution in [0.3, 0.4) is 0 Å². The van der Waals surface area contributed by atoms with E-state index in [2.05, 4.69) is 14.6 Å². The Morgan fingerprint density at radius 2 is 1.64 bits per heavy atom. The Morgan fingerprint density at radius 3 is 2.07 bits per heavy atom. The monoisotopic (exact) mass is 203 g/mol. The predicted molar refractivity (Wildman–Crippen MR) is 49.1 cm³/mol. The zero-order chi connectivity index (χ0) is 11.1. The van der Waals surface area contributed by atoms with Gasteiger partial charge in [0, 0.05) is 0 Å². The van der Waals surface area contributed by atoms with E-state index >= 15 is 0 Å². The summed E-state index contributed by atoms with van der Waals surface area (Å²) in [5, 5.41) is 13.9. The van der Waals surface area contributed by atoms with Crippen molar-refractivity contribution in [3.8, 4) is 0 Å². The lowest BCUT2D eigenvalue weighted by atomic mass is 10.5. The first-order chi connectivity index (χ1) is 6.41. The van der Waals surface area contributed by atoms with Crippen LogP contribution in [0.15, 0.2) is 5.10 Å². The molecule has 81 valence electrons. The number of nitrogens with zero attached hydrogens (tertiary/aromatic N) is 1. The molecule has 0 aromatic carbocycles. The Hall–Kier alpha value is -1.46. The smallest absolute Gasteiger partial charge is 0.446 e. The van der Waals surface area contributed by atoms with Gasteiger partial charge in [-0.3, -0.25) is 0 Å². The quantitative estimate of drug-likeness (QED) is 0.426. The van der Waals surface area contributed by atoms with Crippen LogP contribution >= 0.6 is 0 Å². The number of amides is 1. The summed E-state index contributed by atoms with van der Waals surface area (Å²) in [6, 6.07) is 0. The van der Waals surface area contributed by atoms with E-state index in [1.54, 1.807) is 27.7 Å². The molecule has 0 saturated heterocycles. The fourth-order valence-corrected chi connectivity index (χ4v) is 0.560. The van der Waals surface area contributed by atoms with E-state index in [0.717, 1.165) is 0 Å². The van der Waals surface area contributed by atoms with Gasteiger partial charge in [-0.15, -0.1) is 0 Å². The highest BCUT2D eigenvalue weighted by molar-refractivity contribution is 5.70. The zero-order valence-corrected chi connectivity index (χ0v) is 8.73. The summed E-state index contributed by atoms with van der Waals surface area (Å²) in [5.74, 6) is 0. The van der Waals surface area contributed by atoms with Crippen molar-refractivity contribution in [1.82, 2.24) is 5.43 Å². The van der Waals surface area contributed by atoms with Gasteiger partial charge in [-0.25, -0.2) is 15.3 Å². The topological polar surface area (TPSA) is 79.8 Å². The Morgan fingerprint density at radius 1 is 1.14 bits per heavy atom. The van der Waals surface area contributed by atoms with Gasteiger partial charge in [0.15, 0.2) is 0 Å². The molecule has 0 spiro atoms. The largest absolute Gasteiger partial charge is 0.450 e. The molecule has 0 aliphatic carbocycles. The first kappa shape index (κ1) is 12.5. The van der Waals surface area contributed by atoms with Crippen LogP contribution in [0, 0.1) is 0 Å². The van der Waals surface area contributed by atoms with E-state index in [-0.39, 0.29) is 12.2 Å². The number of hydrogen-bond acceptors (Lipinski definition) is 4. The lowest BCUT2D eigenvalue weighted by molar-refractivity contribution is 0.111. The number of carbonyl (C=O) groups excluding carboxylic acids is 1. The van der Waals surface area contributed by atoms with Gasteiger partial charge >= 0.3 is 12.2 Å². The van der Waals surface area contributed by atoms with Crippen molar-refractivity contribution in [2.24, 2.45) is 5.10 Å². The summed E-state index contributed by atoms with van der Waals surface area (Å²) < 4.78 is 9.28. The van der Waals surface area contributed by atoms with Crippen molar-refractivity contribution >= 4 is 12.2 Å². The van der Waals surface area contributed by atoms with Gasteiger partial charge in [0.2, 0.25) is 0 Å². The molecule has 1 amide bonds. The minimum absolute atomic E-state index is 0.258. The Balaban J connectivity index is 3.84. The van der Waals surface area contributed by atoms with E-state index in [9.17, 15) is 9.90 Å². The maximum absolute atomic E-state index is 10.8. The van der Waals surface area contributed by atoms with Crippen molar-refractivity contribution in [1.29, 1.82) is 0 Å². The average molecular weight is 203 g/mol. The highest BCUT2D eigenvalue weighted by atomic mass is 16.6. The standard InChI is InChI=1S/C8H15N2O4/c1-5(2)13-7(11)9-10-8(12)14-6(3)4/h5-6H,1-4H3,(H,9,11). The van der Waals surface area contributed by atoms with Gasteiger partial charge in [0.25, 0.3) is 0 Å². The second kappa shape index (κ2) is 6.06. The molecular weight excluding hydrogens is 188 g/mol. The highest BCUT2D eigenvalue weighted by Crippen LogP contribution is 1.90. The van der Waals surface area contributed by atoms with E-state index < -0.39 is 12.2 Å². The van der Waals surface area contributed by atoms with E-state index in [4.69, 9.17) is 0 Å². The van der Waals surface area contributed by atoms with Crippen LogP contribution in [-0.2, 0) is 14.6 Å². The first-order valence-corrected chi connectivity index (χ1v) is 4.29. The molecule has 0 bridgehead atoms. The number of rotatable bonds is 3. The van der Waals surface area contributed by atoms with E-state index in [0.29, 0.717) is 0 Å². The van der Waals surface area contributed by atoms with Crippen LogP contribution in [0.1, 0.15) is 27.7 Å². The summed E-state index contributed by atoms with van der Waals surface area (Å²) in [7, 11) is 0. The molecule has 6 nitrogen and oxygen atoms in total. The van der Waals surface area contributed by atoms with Crippen LogP contribution in [0.25, 0.3) is 0 Å². The Labute approximate surface area is 82.9 Å². The molecule has 0 aliphatic rings. The van der Waals surface area contributed by atoms with Gasteiger partial charge in [0.05, 0.1) is 12.2 Å². The fraction of sp³-hybridized carbons (Fsp3) is 0.750. The maximum Gasteiger partial charge on any atom is 0.450 e. The Bertz CT molecular complexity index is 213. The van der Waals surface area contributed by atoms with Crippen molar-refractivity contribution in [2.45, 2.75) is 39.9 Å². The van der Waals surface area contributed by atoms with Gasteiger partial charge in [-0.2, -0.15) is 0 Å². The first-order valence-electron chi connectivity index (χ1n) is 4.29. The van der Waals surface area contributed by atoms with Crippen LogP contribution in [0.4, 0.5) is 4.79 Å². The van der Waals surface area contributed by atoms with Crippen LogP contribution in [-0.4, -0.2) is 24.4 Å². The molecule has 0 aromatic heterocycles. The molecule has 0 aromatic rings. The highest BCUT2D eigenvalue weighted by Gasteiger charge is 2.06. The minimum atomic E-state index is -0.847. The van der Waals surface area contributed by atoms with Gasteiger partial charge < -0.3 is 9.47 Å². The molecule has 0 aliphatic heterocycles. The molecule has 0 unspecified atom stereocenters. The molecule has 14 heavy (non-hydrogen) atoms. The molecular formula is C8H15N2O4. The summed E-state index contributed by atoms with van der Waals surface area (Å²) in [5.41, 5.74) is 1.91. The van der Waals surface area contributed by atoms with Crippen LogP contribution in [0.2, 0.25) is 0 Å². The Kier molecular flexibility index (Phi) is 5.43. The third-order valence-electron chi connectivity index (χ3n) is 0.918. The molecule has 1 radical (unpaired) electrons. The van der Waals surface area contributed by atoms with E-state index in [1.807, 2.05) is 5.43 Å². The average Bonchev–Trinajstić information content (AvgIpc) is 1.98. The minimum Gasteiger partial charge on any atom is -0.446 e. The van der Waals surface area contributed by atoms with Crippen molar-refractivity contribution in [3.63, 3.8) is 0 Å². The van der Waals surface area contributed by atoms with Crippen LogP contribution < -0.4 is 5.43 Å². The molecule has 0 atom stereocenters. The summed E-state index contributed by atoms with van der Waals surface area (Å²) >= 11 is 0. The molecule has 6 heteroatoms. The normalized spacial score (nSPS) is 11.7. The third kappa shape index (κ3) is 7.20. The number of nitrogens with one attached hydrogen (secondary N) is 1. The predicted octanol–water partition coefficient (Wildman–Crippen LogP) is 1.25. The van der Waals surface area contributed by atoms with Gasteiger partial charge in [-0.05, 0) is 27.7 Å². The molecule has 0 fully saturated rings. The van der Waals surface area contributed by atoms with Crippen molar-refractivity contribution in [2.75, 3.05) is 0 Å². The fourth-order valence-electron chi connectivity index (χ4n) is 0.560. The number of carbonyl (C=O) groups is 1. The van der Waals surface area contributed by atoms with Crippen LogP contribution in [0.5, 0.6) is 0 Å². The van der Waals surface area contributed by atoms with Gasteiger partial charge in [0.1, 0.15) is 0 Å². The lowest BCUT2D eigenvalue weighted by Crippen LogP contribution is -2.24. The van der Waals surface area contributed by atoms with Crippen molar-refractivity contribution in [3.05, 3.63) is 0 Å². The number of hydrazone groups is 1. The van der Waals surface area contributed by atoms with E-state index in [1.165, 1.54) is 0 Å². The summed E-state index contributed by atoms with van der Waals surface area (Å²) in [6.07, 6.45) is -2.15. The molecule has 0 rings (SSSR count). The molecule has 1 N–H and O–H groups in total. The summed E-state index contributed by atoms with van der Waals surface area (Å²) in [6.45, 7) is 6.73. The lowest BCUT2D eigenvalue weighted by Gasteiger charge is -2.07. The third-order valence-corrected chi connectivity index (χ3v) is 0.918. The van der Waals surface area contributed by atoms with Gasteiger partial charge in [-0.1, -0.05) is 5.10 Å². The second-order valence-corrected chi connectivity index (χ2v) is 3.11. The molecule has 0 heterocycles. The number of ether oxygens (including phenoxy) is 2. The second-order valence-electron chi connectivity index (χ2n) is 3.11. The molecule has 0 saturated carbocycles. The number of hydrogen-bond donors (Lipinski definition) is 1. The summed E-state index contributed by atoms with van der Waals surface area (Å²) in [4.78, 5) is 10.8. The van der Waals surface area contributed by atoms with Crippen molar-refractivity contribution < 1.29 is 19.4 Å². The zero-order valence-electron chi connectivity index (χ0n) is 8.73. The SMILES string of the molecule is CC(C)OC(=O)NN=C([O])OC(C)C.